The van der Waals surface area contributed by atoms with E-state index in [0.717, 1.165) is 24.3 Å². The van der Waals surface area contributed by atoms with E-state index in [1.165, 1.54) is 16.0 Å². The Labute approximate surface area is 122 Å². The van der Waals surface area contributed by atoms with E-state index in [9.17, 15) is 0 Å². The average Bonchev–Trinajstić information content (AvgIpc) is 3.16. The van der Waals surface area contributed by atoms with Gasteiger partial charge in [0.1, 0.15) is 0 Å². The van der Waals surface area contributed by atoms with Crippen LogP contribution in [0.4, 0.5) is 5.69 Å². The molecule has 1 aromatic carbocycles. The first-order chi connectivity index (χ1) is 9.86. The van der Waals surface area contributed by atoms with Crippen molar-refractivity contribution in [1.82, 2.24) is 10.2 Å². The predicted octanol–water partition coefficient (Wildman–Crippen LogP) is 4.31. The molecule has 0 aliphatic rings. The van der Waals surface area contributed by atoms with Crippen molar-refractivity contribution in [3.8, 4) is 10.6 Å². The molecule has 0 spiro atoms. The zero-order valence-electron chi connectivity index (χ0n) is 11.4. The van der Waals surface area contributed by atoms with Crippen LogP contribution in [0.25, 0.3) is 10.6 Å². The minimum Gasteiger partial charge on any atom is -0.381 e. The molecule has 0 aliphatic heterocycles. The number of hydrogen-bond donors (Lipinski definition) is 2. The number of nitrogens with one attached hydrogen (secondary N) is 2. The van der Waals surface area contributed by atoms with Gasteiger partial charge in [0.25, 0.3) is 0 Å². The summed E-state index contributed by atoms with van der Waals surface area (Å²) in [7, 11) is 0. The van der Waals surface area contributed by atoms with E-state index in [2.05, 4.69) is 64.2 Å². The summed E-state index contributed by atoms with van der Waals surface area (Å²) in [6.45, 7) is 2.95. The molecule has 0 amide bonds. The summed E-state index contributed by atoms with van der Waals surface area (Å²) in [5, 5.41) is 12.8. The van der Waals surface area contributed by atoms with Gasteiger partial charge in [-0.05, 0) is 35.6 Å². The summed E-state index contributed by atoms with van der Waals surface area (Å²) in [4.78, 5) is 1.22. The molecule has 2 N–H and O–H groups in total. The summed E-state index contributed by atoms with van der Waals surface area (Å²) in [6, 6.07) is 12.7. The molecule has 0 saturated carbocycles. The first-order valence-electron chi connectivity index (χ1n) is 6.75. The molecule has 2 heterocycles. The topological polar surface area (TPSA) is 40.7 Å². The molecule has 3 rings (SSSR count). The second-order valence-corrected chi connectivity index (χ2v) is 5.60. The molecule has 20 heavy (non-hydrogen) atoms. The maximum atomic E-state index is 4.17. The monoisotopic (exact) mass is 283 g/mol. The van der Waals surface area contributed by atoms with Crippen LogP contribution in [0.1, 0.15) is 18.1 Å². The summed E-state index contributed by atoms with van der Waals surface area (Å²) in [5.41, 5.74) is 4.80. The Hall–Kier alpha value is -2.07. The summed E-state index contributed by atoms with van der Waals surface area (Å²) < 4.78 is 0. The van der Waals surface area contributed by atoms with Gasteiger partial charge in [-0.25, -0.2) is 0 Å². The molecule has 0 radical (unpaired) electrons. The number of thiophene rings is 1. The zero-order valence-corrected chi connectivity index (χ0v) is 12.2. The fraction of sp³-hybridized carbons (Fsp3) is 0.188. The number of H-pyrrole nitrogens is 1. The molecule has 0 saturated heterocycles. The van der Waals surface area contributed by atoms with Crippen molar-refractivity contribution in [2.75, 3.05) is 5.32 Å². The van der Waals surface area contributed by atoms with Gasteiger partial charge in [-0.3, -0.25) is 5.10 Å². The van der Waals surface area contributed by atoms with Crippen LogP contribution < -0.4 is 5.32 Å². The normalized spacial score (nSPS) is 10.7. The molecule has 0 atom stereocenters. The average molecular weight is 283 g/mol. The highest BCUT2D eigenvalue weighted by Gasteiger charge is 2.08. The zero-order chi connectivity index (χ0) is 13.8. The Bertz CT molecular complexity index is 671. The largest absolute Gasteiger partial charge is 0.381 e. The lowest BCUT2D eigenvalue weighted by molar-refractivity contribution is 1.10. The molecule has 0 aliphatic carbocycles. The molecule has 3 nitrogen and oxygen atoms in total. The maximum Gasteiger partial charge on any atom is 0.0799 e. The van der Waals surface area contributed by atoms with E-state index in [1.54, 1.807) is 11.3 Å². The number of benzene rings is 1. The lowest BCUT2D eigenvalue weighted by atomic mass is 10.1. The van der Waals surface area contributed by atoms with E-state index in [4.69, 9.17) is 0 Å². The smallest absolute Gasteiger partial charge is 0.0799 e. The molecular weight excluding hydrogens is 266 g/mol. The fourth-order valence-corrected chi connectivity index (χ4v) is 2.93. The Kier molecular flexibility index (Phi) is 3.83. The standard InChI is InChI=1S/C16H17N3S/c1-2-12-5-3-6-14(9-12)17-10-13-11-18-19-16(13)15-7-4-8-20-15/h3-9,11,17H,2,10H2,1H3,(H,18,19). The highest BCUT2D eigenvalue weighted by molar-refractivity contribution is 7.13. The third-order valence-corrected chi connectivity index (χ3v) is 4.19. The lowest BCUT2D eigenvalue weighted by Crippen LogP contribution is -2.00. The van der Waals surface area contributed by atoms with Crippen LogP contribution in [-0.4, -0.2) is 10.2 Å². The van der Waals surface area contributed by atoms with Gasteiger partial charge in [-0.1, -0.05) is 25.1 Å². The molecule has 4 heteroatoms. The second kappa shape index (κ2) is 5.92. The van der Waals surface area contributed by atoms with Gasteiger partial charge < -0.3 is 5.32 Å². The van der Waals surface area contributed by atoms with Gasteiger partial charge in [0.05, 0.1) is 16.8 Å². The number of anilines is 1. The molecule has 3 aromatic rings. The van der Waals surface area contributed by atoms with Gasteiger partial charge in [0.15, 0.2) is 0 Å². The first-order valence-corrected chi connectivity index (χ1v) is 7.63. The predicted molar refractivity (Wildman–Crippen MR) is 85.0 cm³/mol. The van der Waals surface area contributed by atoms with E-state index in [1.807, 2.05) is 6.20 Å². The van der Waals surface area contributed by atoms with Crippen LogP contribution in [-0.2, 0) is 13.0 Å². The number of aromatic nitrogens is 2. The van der Waals surface area contributed by atoms with Crippen LogP contribution in [0.3, 0.4) is 0 Å². The fourth-order valence-electron chi connectivity index (χ4n) is 2.18. The Balaban J connectivity index is 1.74. The van der Waals surface area contributed by atoms with E-state index in [-0.39, 0.29) is 0 Å². The third kappa shape index (κ3) is 2.75. The van der Waals surface area contributed by atoms with Gasteiger partial charge in [0, 0.05) is 17.8 Å². The minimum absolute atomic E-state index is 0.775. The lowest BCUT2D eigenvalue weighted by Gasteiger charge is -2.07. The van der Waals surface area contributed by atoms with Crippen molar-refractivity contribution in [3.05, 3.63) is 59.1 Å². The summed E-state index contributed by atoms with van der Waals surface area (Å²) in [5.74, 6) is 0. The number of rotatable bonds is 5. The van der Waals surface area contributed by atoms with Crippen LogP contribution >= 0.6 is 11.3 Å². The number of hydrogen-bond acceptors (Lipinski definition) is 3. The van der Waals surface area contributed by atoms with E-state index < -0.39 is 0 Å². The molecule has 0 bridgehead atoms. The van der Waals surface area contributed by atoms with Crippen LogP contribution in [0.2, 0.25) is 0 Å². The quantitative estimate of drug-likeness (QED) is 0.732. The Morgan fingerprint density at radius 2 is 2.20 bits per heavy atom. The SMILES string of the molecule is CCc1cccc(NCc2cn[nH]c2-c2cccs2)c1. The van der Waals surface area contributed by atoms with Gasteiger partial charge >= 0.3 is 0 Å². The Morgan fingerprint density at radius 1 is 1.25 bits per heavy atom. The second-order valence-electron chi connectivity index (χ2n) is 4.66. The van der Waals surface area contributed by atoms with Crippen molar-refractivity contribution in [2.45, 2.75) is 19.9 Å². The van der Waals surface area contributed by atoms with Gasteiger partial charge in [0.2, 0.25) is 0 Å². The van der Waals surface area contributed by atoms with Crippen LogP contribution in [0, 0.1) is 0 Å². The van der Waals surface area contributed by atoms with E-state index >= 15 is 0 Å². The molecule has 0 fully saturated rings. The molecule has 0 unspecified atom stereocenters. The minimum atomic E-state index is 0.775. The first kappa shape index (κ1) is 12.9. The highest BCUT2D eigenvalue weighted by Crippen LogP contribution is 2.26. The molecule has 2 aromatic heterocycles. The number of aryl methyl sites for hydroxylation is 1. The van der Waals surface area contributed by atoms with E-state index in [0.29, 0.717) is 0 Å². The van der Waals surface area contributed by atoms with Gasteiger partial charge in [-0.15, -0.1) is 11.3 Å². The van der Waals surface area contributed by atoms with Crippen LogP contribution in [0.15, 0.2) is 48.0 Å². The summed E-state index contributed by atoms with van der Waals surface area (Å²) >= 11 is 1.72. The van der Waals surface area contributed by atoms with Crippen molar-refractivity contribution in [1.29, 1.82) is 0 Å². The molecule has 102 valence electrons. The van der Waals surface area contributed by atoms with Crippen molar-refractivity contribution in [3.63, 3.8) is 0 Å². The van der Waals surface area contributed by atoms with Gasteiger partial charge in [-0.2, -0.15) is 5.10 Å². The number of aromatic amines is 1. The highest BCUT2D eigenvalue weighted by atomic mass is 32.1. The Morgan fingerprint density at radius 3 is 3.00 bits per heavy atom. The third-order valence-electron chi connectivity index (χ3n) is 3.30. The van der Waals surface area contributed by atoms with Crippen molar-refractivity contribution in [2.24, 2.45) is 0 Å². The maximum absolute atomic E-state index is 4.17. The van der Waals surface area contributed by atoms with Crippen LogP contribution in [0.5, 0.6) is 0 Å². The van der Waals surface area contributed by atoms with Crippen molar-refractivity contribution >= 4 is 17.0 Å². The number of nitrogens with zero attached hydrogens (tertiary/aromatic N) is 1. The summed E-state index contributed by atoms with van der Waals surface area (Å²) in [6.07, 6.45) is 2.95. The van der Waals surface area contributed by atoms with Crippen molar-refractivity contribution < 1.29 is 0 Å². The molecular formula is C16H17N3S.